The highest BCUT2D eigenvalue weighted by Gasteiger charge is 2.13. The SMILES string of the molecule is COc1ccccc1OCC(O)COC(=O)CCn1cnc2c(N)ncnc21. The maximum atomic E-state index is 11.9. The number of carbonyl (C=O) groups is 1. The van der Waals surface area contributed by atoms with E-state index < -0.39 is 12.1 Å². The molecular formula is C18H21N5O5. The van der Waals surface area contributed by atoms with Gasteiger partial charge in [0.2, 0.25) is 0 Å². The predicted octanol–water partition coefficient (Wildman–Crippen LogP) is 0.790. The van der Waals surface area contributed by atoms with E-state index in [9.17, 15) is 9.90 Å². The Labute approximate surface area is 160 Å². The van der Waals surface area contributed by atoms with Crippen LogP contribution in [0.5, 0.6) is 11.5 Å². The van der Waals surface area contributed by atoms with Gasteiger partial charge in [-0.25, -0.2) is 15.0 Å². The molecule has 2 heterocycles. The van der Waals surface area contributed by atoms with Gasteiger partial charge in [-0.3, -0.25) is 4.79 Å². The maximum absolute atomic E-state index is 11.9. The quantitative estimate of drug-likeness (QED) is 0.511. The van der Waals surface area contributed by atoms with E-state index in [1.807, 2.05) is 6.07 Å². The van der Waals surface area contributed by atoms with Crippen molar-refractivity contribution in [2.45, 2.75) is 19.1 Å². The highest BCUT2D eigenvalue weighted by Crippen LogP contribution is 2.25. The molecule has 0 saturated heterocycles. The smallest absolute Gasteiger partial charge is 0.307 e. The molecular weight excluding hydrogens is 366 g/mol. The van der Waals surface area contributed by atoms with E-state index in [0.29, 0.717) is 29.2 Å². The Bertz CT molecular complexity index is 945. The fraction of sp³-hybridized carbons (Fsp3) is 0.333. The van der Waals surface area contributed by atoms with Crippen LogP contribution in [0.2, 0.25) is 0 Å². The molecule has 0 saturated carbocycles. The van der Waals surface area contributed by atoms with Crippen LogP contribution < -0.4 is 15.2 Å². The molecule has 3 N–H and O–H groups in total. The molecule has 28 heavy (non-hydrogen) atoms. The van der Waals surface area contributed by atoms with E-state index in [0.717, 1.165) is 0 Å². The van der Waals surface area contributed by atoms with Crippen LogP contribution in [-0.2, 0) is 16.1 Å². The van der Waals surface area contributed by atoms with Crippen molar-refractivity contribution in [3.05, 3.63) is 36.9 Å². The summed E-state index contributed by atoms with van der Waals surface area (Å²) in [7, 11) is 1.53. The summed E-state index contributed by atoms with van der Waals surface area (Å²) >= 11 is 0. The molecule has 0 radical (unpaired) electrons. The molecule has 3 aromatic rings. The van der Waals surface area contributed by atoms with E-state index in [2.05, 4.69) is 15.0 Å². The van der Waals surface area contributed by atoms with Crippen molar-refractivity contribution in [2.24, 2.45) is 0 Å². The summed E-state index contributed by atoms with van der Waals surface area (Å²) in [6, 6.07) is 7.08. The number of aromatic nitrogens is 4. The van der Waals surface area contributed by atoms with E-state index in [1.54, 1.807) is 29.1 Å². The number of benzene rings is 1. The summed E-state index contributed by atoms with van der Waals surface area (Å²) in [6.45, 7) is 0.114. The van der Waals surface area contributed by atoms with Gasteiger partial charge in [0.15, 0.2) is 23.0 Å². The fourth-order valence-electron chi connectivity index (χ4n) is 2.51. The van der Waals surface area contributed by atoms with Crippen LogP contribution in [0.1, 0.15) is 6.42 Å². The number of aliphatic hydroxyl groups is 1. The molecule has 148 valence electrons. The van der Waals surface area contributed by atoms with Gasteiger partial charge in [0.05, 0.1) is 19.9 Å². The van der Waals surface area contributed by atoms with Crippen molar-refractivity contribution in [3.8, 4) is 11.5 Å². The van der Waals surface area contributed by atoms with Crippen LogP contribution in [0.3, 0.4) is 0 Å². The molecule has 1 atom stereocenters. The molecule has 2 aromatic heterocycles. The second-order valence-electron chi connectivity index (χ2n) is 5.92. The molecule has 1 aromatic carbocycles. The van der Waals surface area contributed by atoms with E-state index in [1.165, 1.54) is 13.4 Å². The summed E-state index contributed by atoms with van der Waals surface area (Å²) in [5.41, 5.74) is 6.76. The summed E-state index contributed by atoms with van der Waals surface area (Å²) in [6.07, 6.45) is 2.01. The Morgan fingerprint density at radius 3 is 2.79 bits per heavy atom. The van der Waals surface area contributed by atoms with Crippen molar-refractivity contribution in [1.82, 2.24) is 19.5 Å². The highest BCUT2D eigenvalue weighted by atomic mass is 16.6. The number of anilines is 1. The topological polar surface area (TPSA) is 135 Å². The number of rotatable bonds is 9. The Hall–Kier alpha value is -3.40. The second kappa shape index (κ2) is 9.00. The number of esters is 1. The van der Waals surface area contributed by atoms with Gasteiger partial charge in [-0.1, -0.05) is 12.1 Å². The van der Waals surface area contributed by atoms with E-state index in [-0.39, 0.29) is 25.5 Å². The zero-order chi connectivity index (χ0) is 19.9. The predicted molar refractivity (Wildman–Crippen MR) is 99.8 cm³/mol. The van der Waals surface area contributed by atoms with Gasteiger partial charge in [0.1, 0.15) is 31.2 Å². The lowest BCUT2D eigenvalue weighted by Crippen LogP contribution is -2.25. The number of aliphatic hydroxyl groups excluding tert-OH is 1. The number of hydrogen-bond acceptors (Lipinski definition) is 9. The average molecular weight is 387 g/mol. The number of carbonyl (C=O) groups excluding carboxylic acids is 1. The second-order valence-corrected chi connectivity index (χ2v) is 5.92. The average Bonchev–Trinajstić information content (AvgIpc) is 3.13. The Balaban J connectivity index is 1.43. The number of nitrogens with two attached hydrogens (primary N) is 1. The van der Waals surface area contributed by atoms with Crippen LogP contribution in [0.25, 0.3) is 11.2 Å². The molecule has 0 spiro atoms. The number of para-hydroxylation sites is 2. The van der Waals surface area contributed by atoms with Crippen LogP contribution in [0, 0.1) is 0 Å². The van der Waals surface area contributed by atoms with Gasteiger partial charge in [0, 0.05) is 6.54 Å². The van der Waals surface area contributed by atoms with Crippen LogP contribution in [-0.4, -0.2) is 57.0 Å². The molecule has 3 rings (SSSR count). The van der Waals surface area contributed by atoms with E-state index in [4.69, 9.17) is 19.9 Å². The zero-order valence-corrected chi connectivity index (χ0v) is 15.3. The number of methoxy groups -OCH3 is 1. The number of nitrogen functional groups attached to an aromatic ring is 1. The first-order valence-electron chi connectivity index (χ1n) is 8.59. The van der Waals surface area contributed by atoms with Crippen LogP contribution in [0.4, 0.5) is 5.82 Å². The number of ether oxygens (including phenoxy) is 3. The molecule has 1 unspecified atom stereocenters. The lowest BCUT2D eigenvalue weighted by molar-refractivity contribution is -0.147. The molecule has 0 amide bonds. The third kappa shape index (κ3) is 4.65. The monoisotopic (exact) mass is 387 g/mol. The molecule has 0 aliphatic carbocycles. The Morgan fingerprint density at radius 1 is 1.21 bits per heavy atom. The minimum absolute atomic E-state index is 0.0317. The van der Waals surface area contributed by atoms with Crippen molar-refractivity contribution < 1.29 is 24.1 Å². The van der Waals surface area contributed by atoms with Crippen LogP contribution >= 0.6 is 0 Å². The molecule has 0 bridgehead atoms. The Kier molecular flexibility index (Phi) is 6.22. The number of aryl methyl sites for hydroxylation is 1. The highest BCUT2D eigenvalue weighted by molar-refractivity contribution is 5.81. The fourth-order valence-corrected chi connectivity index (χ4v) is 2.51. The third-order valence-electron chi connectivity index (χ3n) is 3.92. The summed E-state index contributed by atoms with van der Waals surface area (Å²) in [5, 5.41) is 9.96. The van der Waals surface area contributed by atoms with Gasteiger partial charge in [-0.2, -0.15) is 0 Å². The van der Waals surface area contributed by atoms with Gasteiger partial charge in [0.25, 0.3) is 0 Å². The molecule has 0 aliphatic rings. The lowest BCUT2D eigenvalue weighted by atomic mass is 10.3. The lowest BCUT2D eigenvalue weighted by Gasteiger charge is -2.14. The van der Waals surface area contributed by atoms with Crippen molar-refractivity contribution in [3.63, 3.8) is 0 Å². The molecule has 0 fully saturated rings. The van der Waals surface area contributed by atoms with Crippen molar-refractivity contribution in [1.29, 1.82) is 0 Å². The van der Waals surface area contributed by atoms with Gasteiger partial charge < -0.3 is 29.6 Å². The van der Waals surface area contributed by atoms with Gasteiger partial charge in [-0.15, -0.1) is 0 Å². The maximum Gasteiger partial charge on any atom is 0.307 e. The normalized spacial score (nSPS) is 11.9. The number of imidazole rings is 1. The Morgan fingerprint density at radius 2 is 2.00 bits per heavy atom. The summed E-state index contributed by atoms with van der Waals surface area (Å²) in [5.74, 6) is 0.886. The van der Waals surface area contributed by atoms with E-state index >= 15 is 0 Å². The van der Waals surface area contributed by atoms with Crippen LogP contribution in [0.15, 0.2) is 36.9 Å². The van der Waals surface area contributed by atoms with Crippen molar-refractivity contribution >= 4 is 23.0 Å². The minimum atomic E-state index is -0.963. The summed E-state index contributed by atoms with van der Waals surface area (Å²) < 4.78 is 17.4. The zero-order valence-electron chi connectivity index (χ0n) is 15.3. The first kappa shape index (κ1) is 19.4. The largest absolute Gasteiger partial charge is 0.493 e. The number of nitrogens with zero attached hydrogens (tertiary/aromatic N) is 4. The minimum Gasteiger partial charge on any atom is -0.493 e. The number of fused-ring (bicyclic) bond motifs is 1. The molecule has 10 nitrogen and oxygen atoms in total. The first-order chi connectivity index (χ1) is 13.6. The van der Waals surface area contributed by atoms with Gasteiger partial charge in [-0.05, 0) is 12.1 Å². The first-order valence-corrected chi connectivity index (χ1v) is 8.59. The van der Waals surface area contributed by atoms with Gasteiger partial charge >= 0.3 is 5.97 Å². The summed E-state index contributed by atoms with van der Waals surface area (Å²) in [4.78, 5) is 24.0. The number of hydrogen-bond donors (Lipinski definition) is 2. The molecule has 10 heteroatoms. The third-order valence-corrected chi connectivity index (χ3v) is 3.92. The standard InChI is InChI=1S/C18H21N5O5/c1-26-13-4-2-3-5-14(13)27-8-12(24)9-28-15(25)6-7-23-11-22-16-17(19)20-10-21-18(16)23/h2-5,10-12,24H,6-9H2,1H3,(H2,19,20,21). The van der Waals surface area contributed by atoms with Crippen molar-refractivity contribution in [2.75, 3.05) is 26.1 Å². The molecule has 0 aliphatic heterocycles.